The number of aromatic nitrogens is 3. The number of benzene rings is 1. The summed E-state index contributed by atoms with van der Waals surface area (Å²) < 4.78 is 10.4. The number of rotatable bonds is 3. The van der Waals surface area contributed by atoms with E-state index in [1.54, 1.807) is 37.7 Å². The number of methoxy groups -OCH3 is 1. The highest BCUT2D eigenvalue weighted by atomic mass is 35.5. The highest BCUT2D eigenvalue weighted by Crippen LogP contribution is 2.41. The molecule has 0 saturated heterocycles. The molecule has 3 aromatic rings. The molecule has 7 heteroatoms. The van der Waals surface area contributed by atoms with Gasteiger partial charge in [0.1, 0.15) is 11.4 Å². The minimum atomic E-state index is 0.196. The normalized spacial score (nSPS) is 10.7. The van der Waals surface area contributed by atoms with E-state index in [1.807, 2.05) is 0 Å². The van der Waals surface area contributed by atoms with Crippen molar-refractivity contribution in [2.24, 2.45) is 0 Å². The minimum Gasteiger partial charge on any atom is -0.496 e. The summed E-state index contributed by atoms with van der Waals surface area (Å²) in [5, 5.41) is 11.2. The van der Waals surface area contributed by atoms with Crippen molar-refractivity contribution >= 4 is 17.5 Å². The Labute approximate surface area is 119 Å². The molecule has 0 unspecified atom stereocenters. The number of hydrogen-bond donors (Lipinski definition) is 2. The molecule has 0 aliphatic carbocycles. The summed E-state index contributed by atoms with van der Waals surface area (Å²) in [7, 11) is 1.58. The van der Waals surface area contributed by atoms with Gasteiger partial charge in [0.05, 0.1) is 18.9 Å². The molecule has 0 spiro atoms. The van der Waals surface area contributed by atoms with Crippen LogP contribution in [0.5, 0.6) is 5.75 Å². The molecule has 0 fully saturated rings. The highest BCUT2D eigenvalue weighted by Gasteiger charge is 2.21. The van der Waals surface area contributed by atoms with Gasteiger partial charge in [-0.15, -0.1) is 0 Å². The number of nitrogens with one attached hydrogen (secondary N) is 1. The van der Waals surface area contributed by atoms with Gasteiger partial charge in [0.15, 0.2) is 0 Å². The number of nitrogens with zero attached hydrogens (tertiary/aromatic N) is 2. The number of H-pyrrole nitrogens is 1. The maximum atomic E-state index is 6.05. The Morgan fingerprint density at radius 1 is 1.40 bits per heavy atom. The van der Waals surface area contributed by atoms with E-state index in [0.29, 0.717) is 22.0 Å². The molecule has 6 nitrogen and oxygen atoms in total. The Hall–Kier alpha value is -2.47. The van der Waals surface area contributed by atoms with E-state index in [2.05, 4.69) is 15.4 Å². The average Bonchev–Trinajstić information content (AvgIpc) is 3.07. The van der Waals surface area contributed by atoms with Crippen molar-refractivity contribution in [3.63, 3.8) is 0 Å². The number of anilines is 1. The van der Waals surface area contributed by atoms with Gasteiger partial charge in [0.2, 0.25) is 5.88 Å². The van der Waals surface area contributed by atoms with Crippen LogP contribution in [0.2, 0.25) is 5.02 Å². The molecular weight excluding hydrogens is 280 g/mol. The third-order valence-corrected chi connectivity index (χ3v) is 3.16. The Bertz CT molecular complexity index is 737. The number of nitrogens with two attached hydrogens (primary N) is 1. The second kappa shape index (κ2) is 4.90. The molecule has 2 heterocycles. The Morgan fingerprint density at radius 3 is 2.95 bits per heavy atom. The summed E-state index contributed by atoms with van der Waals surface area (Å²) in [6.45, 7) is 0. The molecule has 2 aromatic heterocycles. The summed E-state index contributed by atoms with van der Waals surface area (Å²) in [5.41, 5.74) is 8.59. The summed E-state index contributed by atoms with van der Waals surface area (Å²) in [6, 6.07) is 5.27. The largest absolute Gasteiger partial charge is 0.496 e. The molecule has 20 heavy (non-hydrogen) atoms. The molecular formula is C13H11ClN4O2. The quantitative estimate of drug-likeness (QED) is 0.774. The lowest BCUT2D eigenvalue weighted by atomic mass is 10.0. The molecule has 0 saturated carbocycles. The monoisotopic (exact) mass is 290 g/mol. The smallest absolute Gasteiger partial charge is 0.230 e. The van der Waals surface area contributed by atoms with E-state index < -0.39 is 0 Å². The van der Waals surface area contributed by atoms with Crippen LogP contribution in [0.3, 0.4) is 0 Å². The highest BCUT2D eigenvalue weighted by molar-refractivity contribution is 6.31. The van der Waals surface area contributed by atoms with Gasteiger partial charge < -0.3 is 15.0 Å². The van der Waals surface area contributed by atoms with Crippen LogP contribution in [0.15, 0.2) is 35.1 Å². The van der Waals surface area contributed by atoms with E-state index in [9.17, 15) is 0 Å². The SMILES string of the molecule is COc1ccc(Cl)cc1-c1c(-c2cn[nH]c2)noc1N. The predicted molar refractivity (Wildman–Crippen MR) is 75.5 cm³/mol. The topological polar surface area (TPSA) is 90.0 Å². The van der Waals surface area contributed by atoms with Crippen LogP contribution in [-0.2, 0) is 0 Å². The second-order valence-electron chi connectivity index (χ2n) is 4.10. The first kappa shape index (κ1) is 12.6. The van der Waals surface area contributed by atoms with Crippen molar-refractivity contribution in [2.45, 2.75) is 0 Å². The standard InChI is InChI=1S/C13H11ClN4O2/c1-19-10-3-2-8(14)4-9(10)11-12(18-20-13(11)15)7-5-16-17-6-7/h2-6H,15H2,1H3,(H,16,17). The summed E-state index contributed by atoms with van der Waals surface area (Å²) in [5.74, 6) is 0.829. The van der Waals surface area contributed by atoms with Crippen molar-refractivity contribution < 1.29 is 9.26 Å². The lowest BCUT2D eigenvalue weighted by molar-refractivity contribution is 0.416. The van der Waals surface area contributed by atoms with E-state index in [0.717, 1.165) is 11.1 Å². The van der Waals surface area contributed by atoms with Crippen LogP contribution in [0.1, 0.15) is 0 Å². The third kappa shape index (κ3) is 2.00. The zero-order chi connectivity index (χ0) is 14.1. The van der Waals surface area contributed by atoms with Crippen LogP contribution < -0.4 is 10.5 Å². The van der Waals surface area contributed by atoms with Crippen LogP contribution >= 0.6 is 11.6 Å². The molecule has 1 aromatic carbocycles. The van der Waals surface area contributed by atoms with Crippen molar-refractivity contribution in [2.75, 3.05) is 12.8 Å². The first-order chi connectivity index (χ1) is 9.70. The number of halogens is 1. The van der Waals surface area contributed by atoms with Gasteiger partial charge in [0, 0.05) is 22.3 Å². The maximum absolute atomic E-state index is 6.05. The van der Waals surface area contributed by atoms with Crippen molar-refractivity contribution in [3.05, 3.63) is 35.6 Å². The molecule has 0 aliphatic rings. The van der Waals surface area contributed by atoms with Gasteiger partial charge >= 0.3 is 0 Å². The Balaban J connectivity index is 2.25. The molecule has 0 aliphatic heterocycles. The molecule has 3 N–H and O–H groups in total. The third-order valence-electron chi connectivity index (χ3n) is 2.92. The zero-order valence-electron chi connectivity index (χ0n) is 10.6. The molecule has 0 atom stereocenters. The van der Waals surface area contributed by atoms with Crippen LogP contribution in [0.25, 0.3) is 22.4 Å². The molecule has 3 rings (SSSR count). The zero-order valence-corrected chi connectivity index (χ0v) is 11.3. The van der Waals surface area contributed by atoms with E-state index in [4.69, 9.17) is 26.6 Å². The van der Waals surface area contributed by atoms with E-state index >= 15 is 0 Å². The number of hydrogen-bond acceptors (Lipinski definition) is 5. The van der Waals surface area contributed by atoms with Gasteiger partial charge in [-0.2, -0.15) is 5.10 Å². The lowest BCUT2D eigenvalue weighted by Crippen LogP contribution is -1.92. The van der Waals surface area contributed by atoms with Gasteiger partial charge in [-0.25, -0.2) is 0 Å². The van der Waals surface area contributed by atoms with Gasteiger partial charge in [-0.3, -0.25) is 5.10 Å². The van der Waals surface area contributed by atoms with Crippen LogP contribution in [0.4, 0.5) is 5.88 Å². The lowest BCUT2D eigenvalue weighted by Gasteiger charge is -2.08. The van der Waals surface area contributed by atoms with Crippen LogP contribution in [0, 0.1) is 0 Å². The Kier molecular flexibility index (Phi) is 3.08. The molecule has 0 amide bonds. The average molecular weight is 291 g/mol. The summed E-state index contributed by atoms with van der Waals surface area (Å²) in [4.78, 5) is 0. The fraction of sp³-hybridized carbons (Fsp3) is 0.0769. The van der Waals surface area contributed by atoms with Crippen LogP contribution in [-0.4, -0.2) is 22.5 Å². The number of ether oxygens (including phenoxy) is 1. The first-order valence-corrected chi connectivity index (χ1v) is 6.16. The summed E-state index contributed by atoms with van der Waals surface area (Å²) in [6.07, 6.45) is 3.34. The van der Waals surface area contributed by atoms with Crippen molar-refractivity contribution in [1.29, 1.82) is 0 Å². The molecule has 0 bridgehead atoms. The van der Waals surface area contributed by atoms with E-state index in [-0.39, 0.29) is 5.88 Å². The van der Waals surface area contributed by atoms with Gasteiger partial charge in [0.25, 0.3) is 0 Å². The predicted octanol–water partition coefficient (Wildman–Crippen LogP) is 2.98. The second-order valence-corrected chi connectivity index (χ2v) is 4.54. The van der Waals surface area contributed by atoms with E-state index in [1.165, 1.54) is 0 Å². The van der Waals surface area contributed by atoms with Gasteiger partial charge in [-0.05, 0) is 18.2 Å². The molecule has 0 radical (unpaired) electrons. The van der Waals surface area contributed by atoms with Crippen molar-refractivity contribution in [1.82, 2.24) is 15.4 Å². The first-order valence-electron chi connectivity index (χ1n) is 5.79. The van der Waals surface area contributed by atoms with Gasteiger partial charge in [-0.1, -0.05) is 16.8 Å². The minimum absolute atomic E-state index is 0.196. The fourth-order valence-corrected chi connectivity index (χ4v) is 2.19. The number of aromatic amines is 1. The van der Waals surface area contributed by atoms with Crippen molar-refractivity contribution in [3.8, 4) is 28.1 Å². The maximum Gasteiger partial charge on any atom is 0.230 e. The molecule has 102 valence electrons. The Morgan fingerprint density at radius 2 is 2.25 bits per heavy atom. The fourth-order valence-electron chi connectivity index (χ4n) is 2.02. The number of nitrogen functional groups attached to an aromatic ring is 1. The summed E-state index contributed by atoms with van der Waals surface area (Å²) >= 11 is 6.05.